The van der Waals surface area contributed by atoms with Crippen molar-refractivity contribution in [1.29, 1.82) is 0 Å². The quantitative estimate of drug-likeness (QED) is 0.723. The number of amides is 2. The van der Waals surface area contributed by atoms with Gasteiger partial charge in [0, 0.05) is 19.1 Å². The summed E-state index contributed by atoms with van der Waals surface area (Å²) in [5.74, 6) is 0.579. The van der Waals surface area contributed by atoms with Gasteiger partial charge in [0.2, 0.25) is 0 Å². The number of likely N-dealkylation sites (tertiary alicyclic amines) is 1. The van der Waals surface area contributed by atoms with E-state index in [0.717, 1.165) is 62.9 Å². The summed E-state index contributed by atoms with van der Waals surface area (Å²) in [6.45, 7) is 5.68. The van der Waals surface area contributed by atoms with Gasteiger partial charge in [-0.2, -0.15) is 0 Å². The fraction of sp³-hybridized carbons (Fsp3) is 0.565. The Balaban J connectivity index is 1.69. The van der Waals surface area contributed by atoms with E-state index in [2.05, 4.69) is 4.90 Å². The summed E-state index contributed by atoms with van der Waals surface area (Å²) in [6, 6.07) is 7.67. The van der Waals surface area contributed by atoms with Crippen LogP contribution >= 0.6 is 0 Å². The first-order chi connectivity index (χ1) is 13.6. The number of benzene rings is 1. The molecule has 0 aromatic heterocycles. The Labute approximate surface area is 167 Å². The number of carbonyl (C=O) groups excluding carboxylic acids is 2. The Bertz CT molecular complexity index is 770. The monoisotopic (exact) mass is 382 g/mol. The third-order valence-corrected chi connectivity index (χ3v) is 5.97. The van der Waals surface area contributed by atoms with Crippen LogP contribution in [0.1, 0.15) is 64.4 Å². The smallest absolute Gasteiger partial charge is 0.278 e. The number of rotatable bonds is 5. The molecule has 3 aliphatic rings. The molecule has 2 amide bonds. The third kappa shape index (κ3) is 3.54. The molecule has 1 aliphatic carbocycles. The molecule has 0 unspecified atom stereocenters. The van der Waals surface area contributed by atoms with Gasteiger partial charge in [-0.1, -0.05) is 31.4 Å². The molecule has 0 radical (unpaired) electrons. The van der Waals surface area contributed by atoms with Crippen LogP contribution in [-0.4, -0.2) is 46.8 Å². The highest BCUT2D eigenvalue weighted by atomic mass is 16.5. The van der Waals surface area contributed by atoms with E-state index in [0.29, 0.717) is 11.3 Å². The molecule has 2 heterocycles. The van der Waals surface area contributed by atoms with Gasteiger partial charge in [0.25, 0.3) is 11.8 Å². The topological polar surface area (TPSA) is 49.9 Å². The van der Waals surface area contributed by atoms with Crippen molar-refractivity contribution in [2.24, 2.45) is 0 Å². The van der Waals surface area contributed by atoms with Crippen LogP contribution in [0.15, 0.2) is 30.0 Å². The lowest BCUT2D eigenvalue weighted by molar-refractivity contribution is -0.140. The molecule has 5 heteroatoms. The maximum atomic E-state index is 13.4. The lowest BCUT2D eigenvalue weighted by Crippen LogP contribution is -2.43. The molecule has 0 spiro atoms. The Morgan fingerprint density at radius 3 is 2.14 bits per heavy atom. The van der Waals surface area contributed by atoms with E-state index in [1.54, 1.807) is 4.90 Å². The third-order valence-electron chi connectivity index (χ3n) is 5.97. The van der Waals surface area contributed by atoms with Gasteiger partial charge in [-0.3, -0.25) is 14.5 Å². The lowest BCUT2D eigenvalue weighted by Gasteiger charge is -2.30. The van der Waals surface area contributed by atoms with Crippen LogP contribution in [0, 0.1) is 0 Å². The molecule has 150 valence electrons. The van der Waals surface area contributed by atoms with Crippen molar-refractivity contribution >= 4 is 17.4 Å². The molecule has 2 aliphatic heterocycles. The van der Waals surface area contributed by atoms with Crippen LogP contribution in [0.2, 0.25) is 0 Å². The predicted octanol–water partition coefficient (Wildman–Crippen LogP) is 3.98. The van der Waals surface area contributed by atoms with E-state index < -0.39 is 0 Å². The van der Waals surface area contributed by atoms with Gasteiger partial charge in [-0.25, -0.2) is 0 Å². The minimum atomic E-state index is -0.115. The molecule has 1 saturated carbocycles. The Morgan fingerprint density at radius 2 is 1.54 bits per heavy atom. The fourth-order valence-corrected chi connectivity index (χ4v) is 4.67. The molecule has 1 saturated heterocycles. The van der Waals surface area contributed by atoms with Crippen LogP contribution in [0.4, 0.5) is 0 Å². The summed E-state index contributed by atoms with van der Waals surface area (Å²) in [5.41, 5.74) is 2.01. The van der Waals surface area contributed by atoms with E-state index >= 15 is 0 Å². The lowest BCUT2D eigenvalue weighted by atomic mass is 9.94. The van der Waals surface area contributed by atoms with Gasteiger partial charge < -0.3 is 9.64 Å². The summed E-state index contributed by atoms with van der Waals surface area (Å²) in [5, 5.41) is 0. The summed E-state index contributed by atoms with van der Waals surface area (Å²) in [4.78, 5) is 30.5. The maximum Gasteiger partial charge on any atom is 0.278 e. The maximum absolute atomic E-state index is 13.4. The largest absolute Gasteiger partial charge is 0.491 e. The fourth-order valence-electron chi connectivity index (χ4n) is 4.67. The SMILES string of the molecule is CC(C)Oc1ccc(C2=C(N3CCCC3)C(=O)N(C3CCCCC3)C2=O)cc1. The van der Waals surface area contributed by atoms with Crippen molar-refractivity contribution in [3.8, 4) is 5.75 Å². The van der Waals surface area contributed by atoms with Crippen LogP contribution in [0.5, 0.6) is 5.75 Å². The highest BCUT2D eigenvalue weighted by Crippen LogP contribution is 2.37. The van der Waals surface area contributed by atoms with E-state index in [-0.39, 0.29) is 24.0 Å². The van der Waals surface area contributed by atoms with Gasteiger partial charge in [0.05, 0.1) is 11.7 Å². The first kappa shape index (κ1) is 19.0. The van der Waals surface area contributed by atoms with Crippen LogP contribution in [0.25, 0.3) is 5.57 Å². The minimum Gasteiger partial charge on any atom is -0.491 e. The molecule has 5 nitrogen and oxygen atoms in total. The molecule has 28 heavy (non-hydrogen) atoms. The zero-order valence-electron chi connectivity index (χ0n) is 16.9. The Morgan fingerprint density at radius 1 is 0.893 bits per heavy atom. The first-order valence-corrected chi connectivity index (χ1v) is 10.7. The van der Waals surface area contributed by atoms with Crippen LogP contribution in [-0.2, 0) is 9.59 Å². The average Bonchev–Trinajstić information content (AvgIpc) is 3.29. The Hall–Kier alpha value is -2.30. The van der Waals surface area contributed by atoms with Gasteiger partial charge in [0.1, 0.15) is 11.4 Å². The zero-order chi connectivity index (χ0) is 19.7. The standard InChI is InChI=1S/C23H30N2O3/c1-16(2)28-19-12-10-17(11-13-19)20-21(24-14-6-7-15-24)23(27)25(22(20)26)18-8-4-3-5-9-18/h10-13,16,18H,3-9,14-15H2,1-2H3. The molecule has 1 aromatic rings. The molecular formula is C23H30N2O3. The van der Waals surface area contributed by atoms with E-state index in [9.17, 15) is 9.59 Å². The van der Waals surface area contributed by atoms with Crippen molar-refractivity contribution in [2.75, 3.05) is 13.1 Å². The molecule has 1 aromatic carbocycles. The van der Waals surface area contributed by atoms with Gasteiger partial charge in [-0.05, 0) is 57.2 Å². The molecule has 4 rings (SSSR count). The second-order valence-electron chi connectivity index (χ2n) is 8.38. The normalized spacial score (nSPS) is 21.4. The Kier molecular flexibility index (Phi) is 5.42. The summed E-state index contributed by atoms with van der Waals surface area (Å²) in [7, 11) is 0. The molecule has 0 atom stereocenters. The highest BCUT2D eigenvalue weighted by Gasteiger charge is 2.45. The first-order valence-electron chi connectivity index (χ1n) is 10.7. The number of carbonyl (C=O) groups is 2. The van der Waals surface area contributed by atoms with Gasteiger partial charge in [0.15, 0.2) is 0 Å². The number of nitrogens with zero attached hydrogens (tertiary/aromatic N) is 2. The van der Waals surface area contributed by atoms with Gasteiger partial charge in [-0.15, -0.1) is 0 Å². The van der Waals surface area contributed by atoms with Crippen molar-refractivity contribution in [1.82, 2.24) is 9.80 Å². The predicted molar refractivity (Wildman–Crippen MR) is 109 cm³/mol. The molecule has 0 bridgehead atoms. The zero-order valence-corrected chi connectivity index (χ0v) is 16.9. The number of ether oxygens (including phenoxy) is 1. The summed E-state index contributed by atoms with van der Waals surface area (Å²) in [6.07, 6.45) is 7.49. The number of hydrogen-bond acceptors (Lipinski definition) is 4. The van der Waals surface area contributed by atoms with E-state index in [4.69, 9.17) is 4.74 Å². The second kappa shape index (κ2) is 7.98. The molecular weight excluding hydrogens is 352 g/mol. The highest BCUT2D eigenvalue weighted by molar-refractivity contribution is 6.35. The second-order valence-corrected chi connectivity index (χ2v) is 8.38. The van der Waals surface area contributed by atoms with Crippen molar-refractivity contribution in [2.45, 2.75) is 70.9 Å². The van der Waals surface area contributed by atoms with Crippen molar-refractivity contribution < 1.29 is 14.3 Å². The minimum absolute atomic E-state index is 0.0485. The number of hydrogen-bond donors (Lipinski definition) is 0. The summed E-state index contributed by atoms with van der Waals surface area (Å²) < 4.78 is 5.73. The van der Waals surface area contributed by atoms with Crippen molar-refractivity contribution in [3.63, 3.8) is 0 Å². The van der Waals surface area contributed by atoms with Crippen LogP contribution in [0.3, 0.4) is 0 Å². The number of imide groups is 1. The summed E-state index contributed by atoms with van der Waals surface area (Å²) >= 11 is 0. The van der Waals surface area contributed by atoms with Gasteiger partial charge >= 0.3 is 0 Å². The average molecular weight is 383 g/mol. The van der Waals surface area contributed by atoms with E-state index in [1.807, 2.05) is 38.1 Å². The molecule has 0 N–H and O–H groups in total. The van der Waals surface area contributed by atoms with Crippen LogP contribution < -0.4 is 4.74 Å². The molecule has 2 fully saturated rings. The van der Waals surface area contributed by atoms with Crippen molar-refractivity contribution in [3.05, 3.63) is 35.5 Å². The van der Waals surface area contributed by atoms with E-state index in [1.165, 1.54) is 6.42 Å².